The molecular formula is C13H19N3O4. The number of benzene rings is 1. The Labute approximate surface area is 117 Å². The van der Waals surface area contributed by atoms with Gasteiger partial charge in [-0.3, -0.25) is 9.69 Å². The highest BCUT2D eigenvalue weighted by Crippen LogP contribution is 2.25. The molecule has 0 bridgehead atoms. The number of hydrogen-bond acceptors (Lipinski definition) is 5. The van der Waals surface area contributed by atoms with Crippen molar-refractivity contribution in [2.75, 3.05) is 32.6 Å². The smallest absolute Gasteiger partial charge is 0.328 e. The molecule has 3 N–H and O–H groups in total. The molecule has 0 aliphatic carbocycles. The minimum atomic E-state index is -0.543. The van der Waals surface area contributed by atoms with E-state index in [1.54, 1.807) is 18.2 Å². The Morgan fingerprint density at radius 2 is 1.75 bits per heavy atom. The average Bonchev–Trinajstić information content (AvgIpc) is 2.43. The van der Waals surface area contributed by atoms with E-state index in [2.05, 4.69) is 5.32 Å². The Bertz CT molecular complexity index is 468. The molecule has 1 aromatic rings. The van der Waals surface area contributed by atoms with E-state index in [1.807, 2.05) is 0 Å². The SMILES string of the molecule is COc1cc(NC(=O)N(CCN)C(C)=O)cc(OC)c1. The highest BCUT2D eigenvalue weighted by atomic mass is 16.5. The van der Waals surface area contributed by atoms with E-state index in [0.717, 1.165) is 4.90 Å². The molecule has 0 heterocycles. The number of rotatable bonds is 5. The Morgan fingerprint density at radius 1 is 1.20 bits per heavy atom. The summed E-state index contributed by atoms with van der Waals surface area (Å²) in [5.74, 6) is 0.698. The van der Waals surface area contributed by atoms with Gasteiger partial charge in [0.25, 0.3) is 0 Å². The van der Waals surface area contributed by atoms with Gasteiger partial charge in [-0.1, -0.05) is 0 Å². The number of ether oxygens (including phenoxy) is 2. The molecule has 0 saturated carbocycles. The van der Waals surface area contributed by atoms with E-state index in [0.29, 0.717) is 17.2 Å². The van der Waals surface area contributed by atoms with Crippen LogP contribution in [0, 0.1) is 0 Å². The lowest BCUT2D eigenvalue weighted by atomic mass is 10.3. The second-order valence-corrected chi connectivity index (χ2v) is 3.99. The van der Waals surface area contributed by atoms with Gasteiger partial charge in [-0.05, 0) is 0 Å². The van der Waals surface area contributed by atoms with Gasteiger partial charge in [-0.15, -0.1) is 0 Å². The number of carbonyl (C=O) groups is 2. The lowest BCUT2D eigenvalue weighted by Gasteiger charge is -2.19. The number of imide groups is 1. The van der Waals surface area contributed by atoms with Crippen LogP contribution < -0.4 is 20.5 Å². The molecule has 110 valence electrons. The maximum absolute atomic E-state index is 12.0. The molecule has 0 radical (unpaired) electrons. The maximum Gasteiger partial charge on any atom is 0.328 e. The molecule has 0 unspecified atom stereocenters. The molecule has 0 aliphatic rings. The van der Waals surface area contributed by atoms with E-state index < -0.39 is 6.03 Å². The number of amides is 3. The van der Waals surface area contributed by atoms with Crippen molar-refractivity contribution in [3.8, 4) is 11.5 Å². The highest BCUT2D eigenvalue weighted by Gasteiger charge is 2.17. The third kappa shape index (κ3) is 4.13. The Kier molecular flexibility index (Phi) is 5.79. The van der Waals surface area contributed by atoms with Crippen LogP contribution in [0.5, 0.6) is 11.5 Å². The van der Waals surface area contributed by atoms with Gasteiger partial charge in [0.1, 0.15) is 11.5 Å². The van der Waals surface area contributed by atoms with Crippen LogP contribution in [0.3, 0.4) is 0 Å². The fourth-order valence-corrected chi connectivity index (χ4v) is 1.60. The van der Waals surface area contributed by atoms with Crippen molar-refractivity contribution < 1.29 is 19.1 Å². The zero-order valence-electron chi connectivity index (χ0n) is 11.8. The van der Waals surface area contributed by atoms with E-state index >= 15 is 0 Å². The second kappa shape index (κ2) is 7.34. The summed E-state index contributed by atoms with van der Waals surface area (Å²) in [6.45, 7) is 1.66. The maximum atomic E-state index is 12.0. The predicted molar refractivity (Wildman–Crippen MR) is 75.0 cm³/mol. The monoisotopic (exact) mass is 281 g/mol. The normalized spacial score (nSPS) is 9.80. The zero-order chi connectivity index (χ0) is 15.1. The number of nitrogens with one attached hydrogen (secondary N) is 1. The summed E-state index contributed by atoms with van der Waals surface area (Å²) in [6.07, 6.45) is 0. The van der Waals surface area contributed by atoms with Crippen LogP contribution in [0.1, 0.15) is 6.92 Å². The summed E-state index contributed by atoms with van der Waals surface area (Å²) in [5.41, 5.74) is 5.84. The van der Waals surface area contributed by atoms with Gasteiger partial charge in [0.05, 0.1) is 14.2 Å². The minimum absolute atomic E-state index is 0.155. The molecule has 7 heteroatoms. The summed E-state index contributed by atoms with van der Waals surface area (Å²) < 4.78 is 10.2. The first kappa shape index (κ1) is 15.8. The summed E-state index contributed by atoms with van der Waals surface area (Å²) >= 11 is 0. The molecular weight excluding hydrogens is 262 g/mol. The topological polar surface area (TPSA) is 93.9 Å². The van der Waals surface area contributed by atoms with Gasteiger partial charge < -0.3 is 20.5 Å². The number of urea groups is 1. The molecule has 0 aliphatic heterocycles. The molecule has 0 spiro atoms. The van der Waals surface area contributed by atoms with Crippen LogP contribution in [0.4, 0.5) is 10.5 Å². The van der Waals surface area contributed by atoms with Crippen molar-refractivity contribution >= 4 is 17.6 Å². The molecule has 20 heavy (non-hydrogen) atoms. The predicted octanol–water partition coefficient (Wildman–Crippen LogP) is 1.04. The molecule has 7 nitrogen and oxygen atoms in total. The number of nitrogens with two attached hydrogens (primary N) is 1. The van der Waals surface area contributed by atoms with Gasteiger partial charge in [-0.2, -0.15) is 0 Å². The Hall–Kier alpha value is -2.28. The van der Waals surface area contributed by atoms with Crippen molar-refractivity contribution in [2.45, 2.75) is 6.92 Å². The van der Waals surface area contributed by atoms with E-state index in [9.17, 15) is 9.59 Å². The van der Waals surface area contributed by atoms with Crippen LogP contribution in [0.15, 0.2) is 18.2 Å². The lowest BCUT2D eigenvalue weighted by Crippen LogP contribution is -2.41. The number of nitrogens with zero attached hydrogens (tertiary/aromatic N) is 1. The number of anilines is 1. The van der Waals surface area contributed by atoms with Gasteiger partial charge in [0, 0.05) is 43.9 Å². The summed E-state index contributed by atoms with van der Waals surface area (Å²) in [7, 11) is 3.02. The van der Waals surface area contributed by atoms with Crippen molar-refractivity contribution in [1.29, 1.82) is 0 Å². The lowest BCUT2D eigenvalue weighted by molar-refractivity contribution is -0.125. The Morgan fingerprint density at radius 3 is 2.15 bits per heavy atom. The van der Waals surface area contributed by atoms with E-state index in [1.165, 1.54) is 21.1 Å². The zero-order valence-corrected chi connectivity index (χ0v) is 11.8. The minimum Gasteiger partial charge on any atom is -0.497 e. The van der Waals surface area contributed by atoms with Crippen molar-refractivity contribution in [3.63, 3.8) is 0 Å². The third-order valence-corrected chi connectivity index (χ3v) is 2.58. The summed E-state index contributed by atoms with van der Waals surface area (Å²) in [6, 6.07) is 4.39. The summed E-state index contributed by atoms with van der Waals surface area (Å²) in [4.78, 5) is 24.4. The van der Waals surface area contributed by atoms with Gasteiger partial charge in [0.15, 0.2) is 0 Å². The molecule has 3 amide bonds. The van der Waals surface area contributed by atoms with Gasteiger partial charge in [0.2, 0.25) is 5.91 Å². The van der Waals surface area contributed by atoms with Gasteiger partial charge in [-0.25, -0.2) is 4.79 Å². The molecule has 1 rings (SSSR count). The average molecular weight is 281 g/mol. The number of hydrogen-bond donors (Lipinski definition) is 2. The van der Waals surface area contributed by atoms with Crippen LogP contribution in [0.25, 0.3) is 0 Å². The number of methoxy groups -OCH3 is 2. The van der Waals surface area contributed by atoms with Crippen LogP contribution in [-0.4, -0.2) is 44.1 Å². The molecule has 0 fully saturated rings. The molecule has 0 saturated heterocycles. The first-order valence-corrected chi connectivity index (χ1v) is 6.04. The van der Waals surface area contributed by atoms with Crippen molar-refractivity contribution in [3.05, 3.63) is 18.2 Å². The first-order chi connectivity index (χ1) is 9.51. The second-order valence-electron chi connectivity index (χ2n) is 3.99. The van der Waals surface area contributed by atoms with E-state index in [4.69, 9.17) is 15.2 Å². The quantitative estimate of drug-likeness (QED) is 0.841. The van der Waals surface area contributed by atoms with Crippen LogP contribution in [0.2, 0.25) is 0 Å². The number of carbonyl (C=O) groups excluding carboxylic acids is 2. The van der Waals surface area contributed by atoms with Crippen molar-refractivity contribution in [1.82, 2.24) is 4.90 Å². The van der Waals surface area contributed by atoms with Crippen molar-refractivity contribution in [2.24, 2.45) is 5.73 Å². The fourth-order valence-electron chi connectivity index (χ4n) is 1.60. The Balaban J connectivity index is 2.91. The summed E-state index contributed by atoms with van der Waals surface area (Å²) in [5, 5.41) is 2.61. The molecule has 0 aromatic heterocycles. The molecule has 0 atom stereocenters. The van der Waals surface area contributed by atoms with E-state index in [-0.39, 0.29) is 19.0 Å². The first-order valence-electron chi connectivity index (χ1n) is 6.04. The van der Waals surface area contributed by atoms with Crippen LogP contribution >= 0.6 is 0 Å². The molecule has 1 aromatic carbocycles. The standard InChI is InChI=1S/C13H19N3O4/c1-9(17)16(5-4-14)13(18)15-10-6-11(19-2)8-12(7-10)20-3/h6-8H,4-5,14H2,1-3H3,(H,15,18). The third-order valence-electron chi connectivity index (χ3n) is 2.58. The largest absolute Gasteiger partial charge is 0.497 e. The fraction of sp³-hybridized carbons (Fsp3) is 0.385. The van der Waals surface area contributed by atoms with Crippen LogP contribution in [-0.2, 0) is 4.79 Å². The highest BCUT2D eigenvalue weighted by molar-refractivity contribution is 6.00. The van der Waals surface area contributed by atoms with Gasteiger partial charge >= 0.3 is 6.03 Å².